The van der Waals surface area contributed by atoms with E-state index in [2.05, 4.69) is 5.32 Å². The molecule has 0 aliphatic rings. The van der Waals surface area contributed by atoms with Gasteiger partial charge in [-0.3, -0.25) is 14.8 Å². The number of hydroxylamine groups is 1. The van der Waals surface area contributed by atoms with Crippen molar-refractivity contribution in [2.45, 2.75) is 0 Å². The normalized spacial score (nSPS) is 9.38. The standard InChI is InChI=1S/C10H12N2O4/c1-16-8-5-3-2-4-7(8)10(14)11-6-9(13)12-15/h2-5,15H,6H2,1H3,(H,11,14)(H,12,13). The first-order valence-electron chi connectivity index (χ1n) is 4.53. The topological polar surface area (TPSA) is 87.7 Å². The van der Waals surface area contributed by atoms with Crippen molar-refractivity contribution in [3.8, 4) is 5.75 Å². The Morgan fingerprint density at radius 2 is 2.06 bits per heavy atom. The van der Waals surface area contributed by atoms with Crippen LogP contribution in [0.25, 0.3) is 0 Å². The van der Waals surface area contributed by atoms with Crippen molar-refractivity contribution in [2.24, 2.45) is 0 Å². The zero-order chi connectivity index (χ0) is 12.0. The van der Waals surface area contributed by atoms with Gasteiger partial charge in [0.1, 0.15) is 5.75 Å². The highest BCUT2D eigenvalue weighted by Gasteiger charge is 2.11. The van der Waals surface area contributed by atoms with Crippen molar-refractivity contribution in [1.82, 2.24) is 10.8 Å². The van der Waals surface area contributed by atoms with Crippen LogP contribution >= 0.6 is 0 Å². The minimum absolute atomic E-state index is 0.298. The molecule has 6 heteroatoms. The van der Waals surface area contributed by atoms with E-state index in [9.17, 15) is 9.59 Å². The molecule has 0 fully saturated rings. The number of carbonyl (C=O) groups excluding carboxylic acids is 2. The fraction of sp³-hybridized carbons (Fsp3) is 0.200. The Hall–Kier alpha value is -2.08. The fourth-order valence-corrected chi connectivity index (χ4v) is 1.13. The van der Waals surface area contributed by atoms with Crippen LogP contribution in [-0.2, 0) is 4.79 Å². The molecule has 0 aliphatic carbocycles. The number of rotatable bonds is 4. The van der Waals surface area contributed by atoms with Gasteiger partial charge in [0, 0.05) is 0 Å². The summed E-state index contributed by atoms with van der Waals surface area (Å²) in [6.07, 6.45) is 0. The molecule has 2 amide bonds. The van der Waals surface area contributed by atoms with Crippen LogP contribution in [-0.4, -0.2) is 30.7 Å². The summed E-state index contributed by atoms with van der Waals surface area (Å²) in [5.74, 6) is -0.714. The van der Waals surface area contributed by atoms with Gasteiger partial charge in [-0.15, -0.1) is 0 Å². The van der Waals surface area contributed by atoms with Crippen molar-refractivity contribution in [1.29, 1.82) is 0 Å². The second kappa shape index (κ2) is 5.72. The number of hydrogen-bond acceptors (Lipinski definition) is 4. The third-order valence-electron chi connectivity index (χ3n) is 1.89. The second-order valence-electron chi connectivity index (χ2n) is 2.92. The Morgan fingerprint density at radius 1 is 1.38 bits per heavy atom. The molecule has 1 rings (SSSR count). The molecule has 86 valence electrons. The molecule has 0 atom stereocenters. The van der Waals surface area contributed by atoms with E-state index < -0.39 is 11.8 Å². The highest BCUT2D eigenvalue weighted by atomic mass is 16.5. The van der Waals surface area contributed by atoms with Gasteiger partial charge in [-0.05, 0) is 12.1 Å². The quantitative estimate of drug-likeness (QED) is 0.493. The van der Waals surface area contributed by atoms with Gasteiger partial charge in [0.2, 0.25) is 0 Å². The number of para-hydroxylation sites is 1. The van der Waals surface area contributed by atoms with Crippen molar-refractivity contribution < 1.29 is 19.5 Å². The molecule has 0 aliphatic heterocycles. The lowest BCUT2D eigenvalue weighted by Gasteiger charge is -2.07. The first kappa shape index (κ1) is 12.0. The van der Waals surface area contributed by atoms with Gasteiger partial charge in [-0.25, -0.2) is 5.48 Å². The zero-order valence-electron chi connectivity index (χ0n) is 8.69. The highest BCUT2D eigenvalue weighted by molar-refractivity contribution is 5.98. The van der Waals surface area contributed by atoms with Crippen molar-refractivity contribution in [2.75, 3.05) is 13.7 Å². The average molecular weight is 224 g/mol. The number of hydrogen-bond donors (Lipinski definition) is 3. The summed E-state index contributed by atoms with van der Waals surface area (Å²) >= 11 is 0. The number of nitrogens with one attached hydrogen (secondary N) is 2. The van der Waals surface area contributed by atoms with E-state index in [-0.39, 0.29) is 6.54 Å². The second-order valence-corrected chi connectivity index (χ2v) is 2.92. The lowest BCUT2D eigenvalue weighted by Crippen LogP contribution is -2.35. The monoisotopic (exact) mass is 224 g/mol. The van der Waals surface area contributed by atoms with E-state index in [0.717, 1.165) is 0 Å². The maximum atomic E-state index is 11.6. The van der Waals surface area contributed by atoms with Crippen LogP contribution in [0, 0.1) is 0 Å². The first-order chi connectivity index (χ1) is 7.69. The molecule has 0 spiro atoms. The molecule has 0 unspecified atom stereocenters. The van der Waals surface area contributed by atoms with E-state index in [4.69, 9.17) is 9.94 Å². The van der Waals surface area contributed by atoms with E-state index in [1.165, 1.54) is 12.6 Å². The van der Waals surface area contributed by atoms with E-state index in [1.807, 2.05) is 0 Å². The molecule has 1 aromatic carbocycles. The van der Waals surface area contributed by atoms with Crippen LogP contribution in [0.15, 0.2) is 24.3 Å². The number of carbonyl (C=O) groups is 2. The number of amides is 2. The number of ether oxygens (including phenoxy) is 1. The SMILES string of the molecule is COc1ccccc1C(=O)NCC(=O)NO. The summed E-state index contributed by atoms with van der Waals surface area (Å²) in [5.41, 5.74) is 1.74. The Labute approximate surface area is 92.2 Å². The summed E-state index contributed by atoms with van der Waals surface area (Å²) < 4.78 is 4.99. The Kier molecular flexibility index (Phi) is 4.28. The van der Waals surface area contributed by atoms with Crippen molar-refractivity contribution >= 4 is 11.8 Å². The predicted octanol–water partition coefficient (Wildman–Crippen LogP) is -0.0696. The smallest absolute Gasteiger partial charge is 0.262 e. The van der Waals surface area contributed by atoms with Gasteiger partial charge in [-0.2, -0.15) is 0 Å². The molecule has 1 aromatic rings. The summed E-state index contributed by atoms with van der Waals surface area (Å²) in [7, 11) is 1.45. The third kappa shape index (κ3) is 2.96. The molecule has 0 radical (unpaired) electrons. The molecular formula is C10H12N2O4. The molecule has 0 saturated heterocycles. The lowest BCUT2D eigenvalue weighted by atomic mass is 10.2. The van der Waals surface area contributed by atoms with Crippen LogP contribution in [0.2, 0.25) is 0 Å². The molecule has 0 aromatic heterocycles. The Balaban J connectivity index is 2.69. The van der Waals surface area contributed by atoms with E-state index in [1.54, 1.807) is 24.3 Å². The predicted molar refractivity (Wildman–Crippen MR) is 55.3 cm³/mol. The van der Waals surface area contributed by atoms with Crippen LogP contribution in [0.4, 0.5) is 0 Å². The number of methoxy groups -OCH3 is 1. The molecule has 3 N–H and O–H groups in total. The molecule has 16 heavy (non-hydrogen) atoms. The van der Waals surface area contributed by atoms with E-state index in [0.29, 0.717) is 11.3 Å². The fourth-order valence-electron chi connectivity index (χ4n) is 1.13. The lowest BCUT2D eigenvalue weighted by molar-refractivity contribution is -0.128. The van der Waals surface area contributed by atoms with Gasteiger partial charge in [0.25, 0.3) is 11.8 Å². The third-order valence-corrected chi connectivity index (χ3v) is 1.89. The minimum Gasteiger partial charge on any atom is -0.496 e. The largest absolute Gasteiger partial charge is 0.496 e. The maximum absolute atomic E-state index is 11.6. The average Bonchev–Trinajstić information content (AvgIpc) is 2.35. The zero-order valence-corrected chi connectivity index (χ0v) is 8.69. The molecule has 6 nitrogen and oxygen atoms in total. The molecule has 0 bridgehead atoms. The Morgan fingerprint density at radius 3 is 2.69 bits per heavy atom. The molecular weight excluding hydrogens is 212 g/mol. The molecule has 0 heterocycles. The van der Waals surface area contributed by atoms with Crippen LogP contribution in [0.1, 0.15) is 10.4 Å². The van der Waals surface area contributed by atoms with E-state index >= 15 is 0 Å². The van der Waals surface area contributed by atoms with Crippen LogP contribution in [0.5, 0.6) is 5.75 Å². The van der Waals surface area contributed by atoms with Crippen molar-refractivity contribution in [3.63, 3.8) is 0 Å². The van der Waals surface area contributed by atoms with Gasteiger partial charge >= 0.3 is 0 Å². The van der Waals surface area contributed by atoms with Gasteiger partial charge in [0.15, 0.2) is 0 Å². The molecule has 0 saturated carbocycles. The van der Waals surface area contributed by atoms with Gasteiger partial charge in [-0.1, -0.05) is 12.1 Å². The first-order valence-corrected chi connectivity index (χ1v) is 4.53. The summed E-state index contributed by atoms with van der Waals surface area (Å²) in [6.45, 7) is -0.298. The summed E-state index contributed by atoms with van der Waals surface area (Å²) in [5, 5.41) is 10.6. The summed E-state index contributed by atoms with van der Waals surface area (Å²) in [4.78, 5) is 22.3. The number of benzene rings is 1. The van der Waals surface area contributed by atoms with Crippen LogP contribution in [0.3, 0.4) is 0 Å². The van der Waals surface area contributed by atoms with Gasteiger partial charge in [0.05, 0.1) is 19.2 Å². The maximum Gasteiger partial charge on any atom is 0.262 e. The summed E-state index contributed by atoms with van der Waals surface area (Å²) in [6, 6.07) is 6.63. The van der Waals surface area contributed by atoms with Crippen LogP contribution < -0.4 is 15.5 Å². The Bertz CT molecular complexity index is 392. The van der Waals surface area contributed by atoms with Crippen molar-refractivity contribution in [3.05, 3.63) is 29.8 Å². The highest BCUT2D eigenvalue weighted by Crippen LogP contribution is 2.16. The van der Waals surface area contributed by atoms with Gasteiger partial charge < -0.3 is 10.1 Å². The minimum atomic E-state index is -0.691.